The summed E-state index contributed by atoms with van der Waals surface area (Å²) in [5.41, 5.74) is 1.30. The van der Waals surface area contributed by atoms with Crippen LogP contribution in [0.15, 0.2) is 24.4 Å². The second kappa shape index (κ2) is 9.00. The summed E-state index contributed by atoms with van der Waals surface area (Å²) < 4.78 is 40.8. The van der Waals surface area contributed by atoms with Gasteiger partial charge < -0.3 is 5.32 Å². The van der Waals surface area contributed by atoms with Gasteiger partial charge in [0.2, 0.25) is 0 Å². The minimum Gasteiger partial charge on any atom is -0.349 e. The Kier molecular flexibility index (Phi) is 6.80. The van der Waals surface area contributed by atoms with Crippen LogP contribution >= 0.6 is 11.6 Å². The Balaban J connectivity index is 1.56. The van der Waals surface area contributed by atoms with Crippen LogP contribution in [0.4, 0.5) is 13.2 Å². The second-order valence-electron chi connectivity index (χ2n) is 8.46. The zero-order chi connectivity index (χ0) is 22.1. The number of halogens is 4. The number of rotatable bonds is 5. The smallest absolute Gasteiger partial charge is 0.349 e. The maximum Gasteiger partial charge on any atom is 0.416 e. The SMILES string of the molecule is Cc1cn(C[C@H]2CC[C@H](NC(=O)c3cc(C(F)(F)F)ccc3Cl)CC2)nc1C(C)C. The molecule has 1 amide bonds. The summed E-state index contributed by atoms with van der Waals surface area (Å²) in [4.78, 5) is 12.5. The molecule has 1 N–H and O–H groups in total. The first kappa shape index (κ1) is 22.7. The number of benzene rings is 1. The molecular formula is C22H27ClF3N3O. The fraction of sp³-hybridized carbons (Fsp3) is 0.545. The molecule has 164 valence electrons. The quantitative estimate of drug-likeness (QED) is 0.620. The molecule has 0 aliphatic heterocycles. The number of aromatic nitrogens is 2. The van der Waals surface area contributed by atoms with Gasteiger partial charge in [-0.25, -0.2) is 0 Å². The summed E-state index contributed by atoms with van der Waals surface area (Å²) in [6, 6.07) is 2.75. The number of hydrogen-bond donors (Lipinski definition) is 1. The van der Waals surface area contributed by atoms with Gasteiger partial charge in [0.1, 0.15) is 0 Å². The highest BCUT2D eigenvalue weighted by atomic mass is 35.5. The van der Waals surface area contributed by atoms with Crippen LogP contribution in [0.2, 0.25) is 5.02 Å². The van der Waals surface area contributed by atoms with Crippen LogP contribution in [0, 0.1) is 12.8 Å². The molecule has 0 unspecified atom stereocenters. The molecule has 1 aliphatic rings. The number of carbonyl (C=O) groups is 1. The largest absolute Gasteiger partial charge is 0.416 e. The van der Waals surface area contributed by atoms with Crippen molar-refractivity contribution in [3.63, 3.8) is 0 Å². The van der Waals surface area contributed by atoms with Crippen molar-refractivity contribution in [3.8, 4) is 0 Å². The zero-order valence-corrected chi connectivity index (χ0v) is 18.1. The number of nitrogens with one attached hydrogen (secondary N) is 1. The molecule has 30 heavy (non-hydrogen) atoms. The number of aryl methyl sites for hydroxylation is 1. The van der Waals surface area contributed by atoms with Crippen LogP contribution in [-0.2, 0) is 12.7 Å². The number of nitrogens with zero attached hydrogens (tertiary/aromatic N) is 2. The molecule has 0 spiro atoms. The Morgan fingerprint density at radius 3 is 2.50 bits per heavy atom. The number of alkyl halides is 3. The van der Waals surface area contributed by atoms with Crippen LogP contribution in [-0.4, -0.2) is 21.7 Å². The topological polar surface area (TPSA) is 46.9 Å². The maximum atomic E-state index is 12.9. The van der Waals surface area contributed by atoms with Gasteiger partial charge in [0.05, 0.1) is 21.8 Å². The molecule has 1 heterocycles. The lowest BCUT2D eigenvalue weighted by Gasteiger charge is -2.29. The Bertz CT molecular complexity index is 900. The highest BCUT2D eigenvalue weighted by Gasteiger charge is 2.32. The molecule has 4 nitrogen and oxygen atoms in total. The van der Waals surface area contributed by atoms with Crippen molar-refractivity contribution in [1.29, 1.82) is 0 Å². The van der Waals surface area contributed by atoms with E-state index in [1.807, 2.05) is 4.68 Å². The minimum atomic E-state index is -4.52. The molecule has 3 rings (SSSR count). The summed E-state index contributed by atoms with van der Waals surface area (Å²) in [5, 5.41) is 7.56. The van der Waals surface area contributed by atoms with Crippen molar-refractivity contribution in [2.24, 2.45) is 5.92 Å². The summed E-state index contributed by atoms with van der Waals surface area (Å²) in [6.07, 6.45) is 0.986. The monoisotopic (exact) mass is 441 g/mol. The van der Waals surface area contributed by atoms with Crippen molar-refractivity contribution in [2.45, 2.75) is 71.1 Å². The highest BCUT2D eigenvalue weighted by Crippen LogP contribution is 2.32. The third-order valence-electron chi connectivity index (χ3n) is 5.70. The van der Waals surface area contributed by atoms with Gasteiger partial charge in [-0.3, -0.25) is 9.48 Å². The van der Waals surface area contributed by atoms with E-state index in [1.165, 1.54) is 5.56 Å². The standard InChI is InChI=1S/C22H27ClF3N3O/c1-13(2)20-14(3)11-29(28-20)12-15-4-7-17(8-5-15)27-21(30)18-10-16(22(24,25)26)6-9-19(18)23/h6,9-11,13,15,17H,4-5,7-8,12H2,1-3H3,(H,27,30)/t15-,17-. The molecule has 0 saturated heterocycles. The molecule has 1 aliphatic carbocycles. The normalized spacial score (nSPS) is 19.9. The van der Waals surface area contributed by atoms with Gasteiger partial charge in [0.25, 0.3) is 5.91 Å². The van der Waals surface area contributed by atoms with Gasteiger partial charge in [-0.05, 0) is 68.2 Å². The van der Waals surface area contributed by atoms with Crippen molar-refractivity contribution in [3.05, 3.63) is 51.8 Å². The lowest BCUT2D eigenvalue weighted by molar-refractivity contribution is -0.137. The second-order valence-corrected chi connectivity index (χ2v) is 8.86. The van der Waals surface area contributed by atoms with E-state index < -0.39 is 17.6 Å². The molecule has 1 saturated carbocycles. The molecule has 1 aromatic carbocycles. The molecule has 8 heteroatoms. The van der Waals surface area contributed by atoms with E-state index in [-0.39, 0.29) is 16.6 Å². The molecule has 0 bridgehead atoms. The number of carbonyl (C=O) groups excluding carboxylic acids is 1. The first-order chi connectivity index (χ1) is 14.0. The average Bonchev–Trinajstić information content (AvgIpc) is 3.03. The van der Waals surface area contributed by atoms with Crippen LogP contribution in [0.5, 0.6) is 0 Å². The van der Waals surface area contributed by atoms with Crippen molar-refractivity contribution >= 4 is 17.5 Å². The summed E-state index contributed by atoms with van der Waals surface area (Å²) in [5.74, 6) is 0.299. The summed E-state index contributed by atoms with van der Waals surface area (Å²) in [6.45, 7) is 7.17. The van der Waals surface area contributed by atoms with Gasteiger partial charge in [-0.2, -0.15) is 18.3 Å². The number of hydrogen-bond acceptors (Lipinski definition) is 2. The fourth-order valence-electron chi connectivity index (χ4n) is 4.09. The van der Waals surface area contributed by atoms with Crippen molar-refractivity contribution < 1.29 is 18.0 Å². The van der Waals surface area contributed by atoms with Gasteiger partial charge in [-0.1, -0.05) is 25.4 Å². The Hall–Kier alpha value is -2.02. The molecular weight excluding hydrogens is 415 g/mol. The van der Waals surface area contributed by atoms with Crippen LogP contribution < -0.4 is 5.32 Å². The molecule has 1 aromatic heterocycles. The first-order valence-electron chi connectivity index (χ1n) is 10.3. The summed E-state index contributed by atoms with van der Waals surface area (Å²) in [7, 11) is 0. The Morgan fingerprint density at radius 2 is 1.93 bits per heavy atom. The van der Waals surface area contributed by atoms with Crippen LogP contribution in [0.25, 0.3) is 0 Å². The van der Waals surface area contributed by atoms with Gasteiger partial charge in [0.15, 0.2) is 0 Å². The third kappa shape index (κ3) is 5.36. The van der Waals surface area contributed by atoms with Gasteiger partial charge in [-0.15, -0.1) is 0 Å². The molecule has 0 atom stereocenters. The lowest BCUT2D eigenvalue weighted by atomic mass is 9.86. The van der Waals surface area contributed by atoms with E-state index in [0.29, 0.717) is 11.8 Å². The van der Waals surface area contributed by atoms with E-state index in [2.05, 4.69) is 37.4 Å². The van der Waals surface area contributed by atoms with Gasteiger partial charge >= 0.3 is 6.18 Å². The molecule has 0 radical (unpaired) electrons. The summed E-state index contributed by atoms with van der Waals surface area (Å²) >= 11 is 5.97. The Labute approximate surface area is 179 Å². The first-order valence-corrected chi connectivity index (χ1v) is 10.6. The molecule has 1 fully saturated rings. The minimum absolute atomic E-state index is 0.0178. The zero-order valence-electron chi connectivity index (χ0n) is 17.4. The Morgan fingerprint density at radius 1 is 1.27 bits per heavy atom. The van der Waals surface area contributed by atoms with E-state index >= 15 is 0 Å². The molecule has 2 aromatic rings. The van der Waals surface area contributed by atoms with Crippen LogP contribution in [0.1, 0.15) is 72.6 Å². The van der Waals surface area contributed by atoms with E-state index in [9.17, 15) is 18.0 Å². The average molecular weight is 442 g/mol. The lowest BCUT2D eigenvalue weighted by Crippen LogP contribution is -2.38. The fourth-order valence-corrected chi connectivity index (χ4v) is 4.30. The van der Waals surface area contributed by atoms with E-state index in [0.717, 1.165) is 56.1 Å². The van der Waals surface area contributed by atoms with E-state index in [1.54, 1.807) is 0 Å². The van der Waals surface area contributed by atoms with Crippen molar-refractivity contribution in [2.75, 3.05) is 0 Å². The van der Waals surface area contributed by atoms with Gasteiger partial charge in [0, 0.05) is 18.8 Å². The van der Waals surface area contributed by atoms with Crippen LogP contribution in [0.3, 0.4) is 0 Å². The predicted molar refractivity (Wildman–Crippen MR) is 111 cm³/mol. The highest BCUT2D eigenvalue weighted by molar-refractivity contribution is 6.33. The predicted octanol–water partition coefficient (Wildman–Crippen LogP) is 5.98. The van der Waals surface area contributed by atoms with Crippen molar-refractivity contribution in [1.82, 2.24) is 15.1 Å². The third-order valence-corrected chi connectivity index (χ3v) is 6.02. The maximum absolute atomic E-state index is 12.9. The number of amides is 1. The van der Waals surface area contributed by atoms with E-state index in [4.69, 9.17) is 11.6 Å².